The van der Waals surface area contributed by atoms with E-state index in [1.54, 1.807) is 0 Å². The molecule has 86 valence electrons. The summed E-state index contributed by atoms with van der Waals surface area (Å²) in [5.41, 5.74) is 0.931. The molecular weight excluding hydrogens is 236 g/mol. The van der Waals surface area contributed by atoms with Crippen LogP contribution in [0, 0.1) is 0 Å². The molecule has 2 heterocycles. The van der Waals surface area contributed by atoms with Gasteiger partial charge >= 0.3 is 17.9 Å². The summed E-state index contributed by atoms with van der Waals surface area (Å²) in [5.74, 6) is -1.50. The van der Waals surface area contributed by atoms with E-state index in [1.807, 2.05) is 0 Å². The number of esters is 3. The number of rotatable bonds is 0. The lowest BCUT2D eigenvalue weighted by molar-refractivity contribution is 0.0391. The van der Waals surface area contributed by atoms with Crippen LogP contribution in [0.1, 0.15) is 31.1 Å². The first-order valence-electron chi connectivity index (χ1n) is 5.25. The third-order valence-corrected chi connectivity index (χ3v) is 3.17. The van der Waals surface area contributed by atoms with E-state index in [4.69, 9.17) is 4.74 Å². The van der Waals surface area contributed by atoms with Crippen molar-refractivity contribution < 1.29 is 23.9 Å². The molecule has 0 N–H and O–H groups in total. The molecule has 4 rings (SSSR count). The molecule has 5 nitrogen and oxygen atoms in total. The molecule has 0 saturated heterocycles. The molecule has 2 aliphatic rings. The molecule has 0 bridgehead atoms. The van der Waals surface area contributed by atoms with E-state index in [0.717, 1.165) is 0 Å². The van der Waals surface area contributed by atoms with E-state index in [0.29, 0.717) is 22.1 Å². The molecule has 2 aliphatic heterocycles. The van der Waals surface area contributed by atoms with Gasteiger partial charge in [0.2, 0.25) is 0 Å². The second-order valence-corrected chi connectivity index (χ2v) is 4.09. The maximum absolute atomic E-state index is 11.6. The number of cyclic esters (lactones) is 2. The minimum Gasteiger partial charge on any atom is -0.422 e. The molecule has 2 aromatic carbocycles. The number of benzene rings is 2. The van der Waals surface area contributed by atoms with Crippen molar-refractivity contribution in [3.8, 4) is 5.75 Å². The van der Waals surface area contributed by atoms with Gasteiger partial charge in [0.05, 0.1) is 16.7 Å². The average Bonchev–Trinajstić information content (AvgIpc) is 2.67. The van der Waals surface area contributed by atoms with Crippen LogP contribution in [0.2, 0.25) is 0 Å². The second-order valence-electron chi connectivity index (χ2n) is 4.09. The molecule has 2 aromatic rings. The second kappa shape index (κ2) is 2.76. The first-order valence-corrected chi connectivity index (χ1v) is 5.25. The molecule has 0 aromatic heterocycles. The third kappa shape index (κ3) is 0.901. The van der Waals surface area contributed by atoms with Gasteiger partial charge in [-0.05, 0) is 24.3 Å². The molecule has 0 radical (unpaired) electrons. The van der Waals surface area contributed by atoms with Crippen molar-refractivity contribution in [2.45, 2.75) is 0 Å². The van der Waals surface area contributed by atoms with E-state index >= 15 is 0 Å². The third-order valence-electron chi connectivity index (χ3n) is 3.17. The van der Waals surface area contributed by atoms with Crippen LogP contribution in [0.3, 0.4) is 0 Å². The zero-order valence-corrected chi connectivity index (χ0v) is 8.85. The minimum absolute atomic E-state index is 0.281. The summed E-state index contributed by atoms with van der Waals surface area (Å²) in [7, 11) is 0. The summed E-state index contributed by atoms with van der Waals surface area (Å²) >= 11 is 0. The van der Waals surface area contributed by atoms with Crippen molar-refractivity contribution in [1.82, 2.24) is 0 Å². The summed E-state index contributed by atoms with van der Waals surface area (Å²) in [6.45, 7) is 0. The number of carbonyl (C=O) groups is 3. The van der Waals surface area contributed by atoms with Crippen molar-refractivity contribution in [2.24, 2.45) is 0 Å². The maximum Gasteiger partial charge on any atom is 0.346 e. The fraction of sp³-hybridized carbons (Fsp3) is 0. The van der Waals surface area contributed by atoms with E-state index in [2.05, 4.69) is 4.74 Å². The van der Waals surface area contributed by atoms with Gasteiger partial charge in [-0.1, -0.05) is 0 Å². The maximum atomic E-state index is 11.6. The Balaban J connectivity index is 2.30. The Morgan fingerprint density at radius 2 is 1.11 bits per heavy atom. The molecule has 0 unspecified atom stereocenters. The van der Waals surface area contributed by atoms with Crippen LogP contribution in [0.15, 0.2) is 24.3 Å². The van der Waals surface area contributed by atoms with E-state index in [1.165, 1.54) is 24.3 Å². The monoisotopic (exact) mass is 240 g/mol. The standard InChI is InChI=1S/C13H4O5/c14-11-7-2-1-5-9-6(13(16)18-12(5)15)3-4-8(17-11)10(7)9/h1-4H. The van der Waals surface area contributed by atoms with Gasteiger partial charge in [-0.3, -0.25) is 0 Å². The summed E-state index contributed by atoms with van der Waals surface area (Å²) in [6, 6.07) is 6.02. The quantitative estimate of drug-likeness (QED) is 0.398. The van der Waals surface area contributed by atoms with Crippen molar-refractivity contribution in [2.75, 3.05) is 0 Å². The Morgan fingerprint density at radius 1 is 0.611 bits per heavy atom. The predicted octanol–water partition coefficient (Wildman–Crippen LogP) is 1.68. The molecule has 0 amide bonds. The lowest BCUT2D eigenvalue weighted by Gasteiger charge is -2.14. The van der Waals surface area contributed by atoms with Crippen LogP contribution < -0.4 is 4.74 Å². The summed E-state index contributed by atoms with van der Waals surface area (Å²) < 4.78 is 9.70. The highest BCUT2D eigenvalue weighted by molar-refractivity contribution is 6.26. The first-order chi connectivity index (χ1) is 8.66. The van der Waals surface area contributed by atoms with Gasteiger partial charge in [-0.15, -0.1) is 0 Å². The van der Waals surface area contributed by atoms with Crippen LogP contribution >= 0.6 is 0 Å². The number of hydrogen-bond donors (Lipinski definition) is 0. The zero-order valence-electron chi connectivity index (χ0n) is 8.85. The van der Waals surface area contributed by atoms with Crippen LogP contribution in [-0.4, -0.2) is 17.9 Å². The highest BCUT2D eigenvalue weighted by atomic mass is 16.6. The van der Waals surface area contributed by atoms with Gasteiger partial charge < -0.3 is 9.47 Å². The van der Waals surface area contributed by atoms with Gasteiger partial charge in [0, 0.05) is 10.8 Å². The molecule has 0 aliphatic carbocycles. The lowest BCUT2D eigenvalue weighted by Crippen LogP contribution is -2.19. The lowest BCUT2D eigenvalue weighted by atomic mass is 9.94. The Hall–Kier alpha value is -2.69. The molecular formula is C13H4O5. The van der Waals surface area contributed by atoms with Crippen LogP contribution in [0.4, 0.5) is 0 Å². The normalized spacial score (nSPS) is 15.9. The van der Waals surface area contributed by atoms with E-state index in [-0.39, 0.29) is 11.1 Å². The van der Waals surface area contributed by atoms with Crippen LogP contribution in [0.25, 0.3) is 10.8 Å². The van der Waals surface area contributed by atoms with Crippen molar-refractivity contribution >= 4 is 28.7 Å². The Labute approximate surface area is 99.9 Å². The topological polar surface area (TPSA) is 69.7 Å². The largest absolute Gasteiger partial charge is 0.422 e. The highest BCUT2D eigenvalue weighted by Crippen LogP contribution is 2.40. The van der Waals surface area contributed by atoms with Gasteiger partial charge in [-0.25, -0.2) is 14.4 Å². The Bertz CT molecular complexity index is 767. The van der Waals surface area contributed by atoms with E-state index < -0.39 is 17.9 Å². The number of carbonyl (C=O) groups excluding carboxylic acids is 3. The van der Waals surface area contributed by atoms with E-state index in [9.17, 15) is 14.4 Å². The zero-order chi connectivity index (χ0) is 12.4. The number of ether oxygens (including phenoxy) is 2. The first kappa shape index (κ1) is 9.35. The number of hydrogen-bond acceptors (Lipinski definition) is 5. The summed E-state index contributed by atoms with van der Waals surface area (Å²) in [6.07, 6.45) is 0. The molecule has 0 atom stereocenters. The molecule has 0 spiro atoms. The van der Waals surface area contributed by atoms with Crippen molar-refractivity contribution in [3.63, 3.8) is 0 Å². The van der Waals surface area contributed by atoms with Crippen LogP contribution in [-0.2, 0) is 4.74 Å². The molecule has 0 saturated carbocycles. The van der Waals surface area contributed by atoms with Crippen molar-refractivity contribution in [3.05, 3.63) is 41.0 Å². The van der Waals surface area contributed by atoms with Crippen molar-refractivity contribution in [1.29, 1.82) is 0 Å². The van der Waals surface area contributed by atoms with Crippen LogP contribution in [0.5, 0.6) is 5.75 Å². The van der Waals surface area contributed by atoms with Gasteiger partial charge in [0.25, 0.3) is 0 Å². The molecule has 18 heavy (non-hydrogen) atoms. The Kier molecular flexibility index (Phi) is 1.43. The summed E-state index contributed by atoms with van der Waals surface area (Å²) in [5, 5.41) is 0.956. The SMILES string of the molecule is O=C1Oc2ccc3c4c(ccc1c24)C(=O)OC3=O. The average molecular weight is 240 g/mol. The fourth-order valence-corrected chi connectivity index (χ4v) is 2.41. The highest BCUT2D eigenvalue weighted by Gasteiger charge is 2.33. The van der Waals surface area contributed by atoms with Gasteiger partial charge in [-0.2, -0.15) is 0 Å². The van der Waals surface area contributed by atoms with Gasteiger partial charge in [0.1, 0.15) is 5.75 Å². The van der Waals surface area contributed by atoms with Gasteiger partial charge in [0.15, 0.2) is 0 Å². The predicted molar refractivity (Wildman–Crippen MR) is 58.7 cm³/mol. The Morgan fingerprint density at radius 3 is 1.78 bits per heavy atom. The fourth-order valence-electron chi connectivity index (χ4n) is 2.41. The smallest absolute Gasteiger partial charge is 0.346 e. The summed E-state index contributed by atoms with van der Waals surface area (Å²) in [4.78, 5) is 34.9. The molecule has 5 heteroatoms. The minimum atomic E-state index is -0.699. The molecule has 0 fully saturated rings.